The molecule has 2 heterocycles. The topological polar surface area (TPSA) is 75.3 Å². The van der Waals surface area contributed by atoms with Crippen molar-refractivity contribution in [2.24, 2.45) is 0 Å². The van der Waals surface area contributed by atoms with E-state index >= 15 is 0 Å². The largest absolute Gasteiger partial charge is 0.388 e. The lowest BCUT2D eigenvalue weighted by Gasteiger charge is -2.37. The van der Waals surface area contributed by atoms with E-state index in [0.29, 0.717) is 18.2 Å². The monoisotopic (exact) mass is 284 g/mol. The molecule has 0 spiro atoms. The summed E-state index contributed by atoms with van der Waals surface area (Å²) >= 11 is 0. The predicted molar refractivity (Wildman–Crippen MR) is 84.0 cm³/mol. The van der Waals surface area contributed by atoms with Gasteiger partial charge in [0.25, 0.3) is 0 Å². The summed E-state index contributed by atoms with van der Waals surface area (Å²) in [6.07, 6.45) is 1.76. The molecule has 1 aromatic carbocycles. The number of hydrogen-bond acceptors (Lipinski definition) is 5. The van der Waals surface area contributed by atoms with Crippen LogP contribution in [0.3, 0.4) is 0 Å². The zero-order valence-corrected chi connectivity index (χ0v) is 12.2. The second-order valence-electron chi connectivity index (χ2n) is 5.86. The highest BCUT2D eigenvalue weighted by Gasteiger charge is 2.29. The van der Waals surface area contributed by atoms with Crippen molar-refractivity contribution < 1.29 is 5.11 Å². The van der Waals surface area contributed by atoms with Crippen molar-refractivity contribution in [3.8, 4) is 11.4 Å². The zero-order valence-electron chi connectivity index (χ0n) is 12.2. The molecule has 1 aliphatic rings. The van der Waals surface area contributed by atoms with Gasteiger partial charge in [0, 0.05) is 24.7 Å². The van der Waals surface area contributed by atoms with Crippen LogP contribution in [0.5, 0.6) is 0 Å². The highest BCUT2D eigenvalue weighted by molar-refractivity contribution is 5.61. The Morgan fingerprint density at radius 2 is 2.00 bits per heavy atom. The van der Waals surface area contributed by atoms with Gasteiger partial charge in [0.05, 0.1) is 5.60 Å². The van der Waals surface area contributed by atoms with E-state index in [9.17, 15) is 5.11 Å². The van der Waals surface area contributed by atoms with Crippen molar-refractivity contribution in [2.75, 3.05) is 23.7 Å². The third-order valence-corrected chi connectivity index (χ3v) is 3.76. The highest BCUT2D eigenvalue weighted by Crippen LogP contribution is 2.27. The maximum atomic E-state index is 10.2. The van der Waals surface area contributed by atoms with Crippen LogP contribution in [0.2, 0.25) is 0 Å². The number of benzene rings is 1. The molecule has 21 heavy (non-hydrogen) atoms. The molecule has 1 aliphatic heterocycles. The fraction of sp³-hybridized carbons (Fsp3) is 0.375. The third kappa shape index (κ3) is 3.13. The summed E-state index contributed by atoms with van der Waals surface area (Å²) in [4.78, 5) is 11.0. The first-order chi connectivity index (χ1) is 10.0. The van der Waals surface area contributed by atoms with Gasteiger partial charge in [0.2, 0.25) is 0 Å². The van der Waals surface area contributed by atoms with Crippen LogP contribution < -0.4 is 10.6 Å². The van der Waals surface area contributed by atoms with Crippen molar-refractivity contribution in [1.82, 2.24) is 9.97 Å². The van der Waals surface area contributed by atoms with Crippen molar-refractivity contribution in [3.63, 3.8) is 0 Å². The fourth-order valence-corrected chi connectivity index (χ4v) is 2.75. The number of hydrogen-bond donors (Lipinski definition) is 2. The van der Waals surface area contributed by atoms with Crippen LogP contribution in [0.15, 0.2) is 36.4 Å². The first-order valence-electron chi connectivity index (χ1n) is 7.21. The molecule has 5 heteroatoms. The third-order valence-electron chi connectivity index (χ3n) is 3.76. The number of aliphatic hydroxyl groups is 1. The second-order valence-corrected chi connectivity index (χ2v) is 5.86. The summed E-state index contributed by atoms with van der Waals surface area (Å²) in [5.74, 6) is 1.85. The van der Waals surface area contributed by atoms with Crippen LogP contribution >= 0.6 is 0 Å². The lowest BCUT2D eigenvalue weighted by molar-refractivity contribution is 0.0447. The summed E-state index contributed by atoms with van der Waals surface area (Å²) in [6.45, 7) is 3.31. The molecule has 0 amide bonds. The molecule has 5 nitrogen and oxygen atoms in total. The Morgan fingerprint density at radius 3 is 2.71 bits per heavy atom. The number of nitrogen functional groups attached to an aromatic ring is 1. The van der Waals surface area contributed by atoms with Crippen LogP contribution in [-0.4, -0.2) is 33.8 Å². The maximum absolute atomic E-state index is 10.2. The normalized spacial score (nSPS) is 22.3. The number of anilines is 2. The molecule has 0 radical (unpaired) electrons. The molecule has 0 aliphatic carbocycles. The van der Waals surface area contributed by atoms with E-state index in [2.05, 4.69) is 14.9 Å². The van der Waals surface area contributed by atoms with Crippen molar-refractivity contribution in [3.05, 3.63) is 36.4 Å². The number of nitrogens with zero attached hydrogens (tertiary/aromatic N) is 3. The van der Waals surface area contributed by atoms with Gasteiger partial charge in [-0.05, 0) is 19.8 Å². The minimum absolute atomic E-state index is 0.448. The molecule has 1 atom stereocenters. The van der Waals surface area contributed by atoms with Crippen LogP contribution in [0, 0.1) is 0 Å². The average molecular weight is 284 g/mol. The number of piperidine rings is 1. The lowest BCUT2D eigenvalue weighted by atomic mass is 9.95. The van der Waals surface area contributed by atoms with Crippen LogP contribution in [0.4, 0.5) is 11.6 Å². The van der Waals surface area contributed by atoms with Gasteiger partial charge in [0.15, 0.2) is 5.82 Å². The van der Waals surface area contributed by atoms with E-state index in [4.69, 9.17) is 5.73 Å². The first kappa shape index (κ1) is 13.8. The Morgan fingerprint density at radius 1 is 1.24 bits per heavy atom. The Kier molecular flexibility index (Phi) is 3.51. The first-order valence-corrected chi connectivity index (χ1v) is 7.21. The molecule has 0 bridgehead atoms. The van der Waals surface area contributed by atoms with E-state index in [1.54, 1.807) is 6.07 Å². The summed E-state index contributed by atoms with van der Waals surface area (Å²) < 4.78 is 0. The van der Waals surface area contributed by atoms with Gasteiger partial charge in [-0.15, -0.1) is 0 Å². The van der Waals surface area contributed by atoms with Crippen LogP contribution in [0.25, 0.3) is 11.4 Å². The van der Waals surface area contributed by atoms with E-state index in [-0.39, 0.29) is 0 Å². The SMILES string of the molecule is CC1(O)CCCN(c2cc(N)nc(-c3ccccc3)n2)C1. The summed E-state index contributed by atoms with van der Waals surface area (Å²) in [5, 5.41) is 10.2. The summed E-state index contributed by atoms with van der Waals surface area (Å²) in [7, 11) is 0. The number of β-amino-alcohol motifs (C(OH)–C–C–N with tert-alkyl or cyclic N) is 1. The fourth-order valence-electron chi connectivity index (χ4n) is 2.75. The molecule has 2 aromatic rings. The standard InChI is InChI=1S/C16H20N4O/c1-16(21)8-5-9-20(11-16)14-10-13(17)18-15(19-14)12-6-3-2-4-7-12/h2-4,6-7,10,21H,5,8-9,11H2,1H3,(H2,17,18,19). The molecule has 1 aromatic heterocycles. The lowest BCUT2D eigenvalue weighted by Crippen LogP contribution is -2.46. The molecule has 1 saturated heterocycles. The van der Waals surface area contributed by atoms with Gasteiger partial charge in [-0.2, -0.15) is 0 Å². The van der Waals surface area contributed by atoms with E-state index in [1.807, 2.05) is 37.3 Å². The Labute approximate surface area is 124 Å². The highest BCUT2D eigenvalue weighted by atomic mass is 16.3. The Hall–Kier alpha value is -2.14. The number of aromatic nitrogens is 2. The number of rotatable bonds is 2. The second kappa shape index (κ2) is 5.33. The molecule has 110 valence electrons. The number of nitrogens with two attached hydrogens (primary N) is 1. The van der Waals surface area contributed by atoms with Crippen molar-refractivity contribution in [2.45, 2.75) is 25.4 Å². The molecular weight excluding hydrogens is 264 g/mol. The van der Waals surface area contributed by atoms with Gasteiger partial charge in [-0.1, -0.05) is 30.3 Å². The van der Waals surface area contributed by atoms with Crippen molar-refractivity contribution in [1.29, 1.82) is 0 Å². The molecule has 3 rings (SSSR count). The van der Waals surface area contributed by atoms with E-state index in [0.717, 1.165) is 30.8 Å². The smallest absolute Gasteiger partial charge is 0.163 e. The van der Waals surface area contributed by atoms with Crippen molar-refractivity contribution >= 4 is 11.6 Å². The van der Waals surface area contributed by atoms with Gasteiger partial charge >= 0.3 is 0 Å². The average Bonchev–Trinajstić information content (AvgIpc) is 2.46. The van der Waals surface area contributed by atoms with Crippen LogP contribution in [-0.2, 0) is 0 Å². The molecule has 1 unspecified atom stereocenters. The zero-order chi connectivity index (χ0) is 14.9. The minimum Gasteiger partial charge on any atom is -0.388 e. The van der Waals surface area contributed by atoms with Gasteiger partial charge in [-0.25, -0.2) is 9.97 Å². The molecule has 0 saturated carbocycles. The quantitative estimate of drug-likeness (QED) is 0.883. The Balaban J connectivity index is 1.95. The Bertz CT molecular complexity index is 627. The summed E-state index contributed by atoms with van der Waals surface area (Å²) in [6, 6.07) is 11.6. The van der Waals surface area contributed by atoms with Gasteiger partial charge in [0.1, 0.15) is 11.6 Å². The molecule has 1 fully saturated rings. The minimum atomic E-state index is -0.676. The van der Waals surface area contributed by atoms with E-state index in [1.165, 1.54) is 0 Å². The predicted octanol–water partition coefficient (Wildman–Crippen LogP) is 2.08. The van der Waals surface area contributed by atoms with Gasteiger partial charge in [-0.3, -0.25) is 0 Å². The molecule has 3 N–H and O–H groups in total. The summed E-state index contributed by atoms with van der Waals surface area (Å²) in [5.41, 5.74) is 6.19. The van der Waals surface area contributed by atoms with Gasteiger partial charge < -0.3 is 15.7 Å². The maximum Gasteiger partial charge on any atom is 0.163 e. The van der Waals surface area contributed by atoms with Crippen LogP contribution in [0.1, 0.15) is 19.8 Å². The molecular formula is C16H20N4O. The van der Waals surface area contributed by atoms with E-state index < -0.39 is 5.60 Å².